The number of ether oxygens (including phenoxy) is 2. The zero-order chi connectivity index (χ0) is 20.9. The van der Waals surface area contributed by atoms with Crippen molar-refractivity contribution in [2.75, 3.05) is 26.8 Å². The molecule has 7 heteroatoms. The standard InChI is InChI=1S/C22H25NO5S/c1-3-28-21-13-7-17(16-22(21)27-2)6-12-20(24)18-8-10-19(11-9-18)29(25,26)23-14-4-5-15-23/h6-13,16H,3-5,14-15H2,1-2H3/b12-6+. The van der Waals surface area contributed by atoms with Gasteiger partial charge in [0.25, 0.3) is 0 Å². The molecule has 0 aliphatic carbocycles. The summed E-state index contributed by atoms with van der Waals surface area (Å²) in [4.78, 5) is 12.7. The number of sulfonamides is 1. The maximum Gasteiger partial charge on any atom is 0.243 e. The van der Waals surface area contributed by atoms with Gasteiger partial charge in [-0.15, -0.1) is 0 Å². The Labute approximate surface area is 171 Å². The van der Waals surface area contributed by atoms with Crippen LogP contribution in [-0.2, 0) is 10.0 Å². The SMILES string of the molecule is CCOc1ccc(/C=C/C(=O)c2ccc(S(=O)(=O)N3CCCC3)cc2)cc1OC. The van der Waals surface area contributed by atoms with E-state index in [1.807, 2.05) is 13.0 Å². The molecular weight excluding hydrogens is 390 g/mol. The maximum absolute atomic E-state index is 12.6. The van der Waals surface area contributed by atoms with E-state index in [2.05, 4.69) is 0 Å². The van der Waals surface area contributed by atoms with Gasteiger partial charge in [-0.2, -0.15) is 4.31 Å². The van der Waals surface area contributed by atoms with E-state index >= 15 is 0 Å². The molecule has 2 aromatic rings. The van der Waals surface area contributed by atoms with Crippen molar-refractivity contribution in [3.05, 3.63) is 59.7 Å². The van der Waals surface area contributed by atoms with Crippen molar-refractivity contribution < 1.29 is 22.7 Å². The zero-order valence-corrected chi connectivity index (χ0v) is 17.4. The van der Waals surface area contributed by atoms with Gasteiger partial charge in [0.2, 0.25) is 10.0 Å². The van der Waals surface area contributed by atoms with Gasteiger partial charge in [0, 0.05) is 18.7 Å². The molecule has 0 N–H and O–H groups in total. The molecule has 0 unspecified atom stereocenters. The van der Waals surface area contributed by atoms with Crippen LogP contribution in [0.3, 0.4) is 0 Å². The van der Waals surface area contributed by atoms with Crippen LogP contribution in [0.25, 0.3) is 6.08 Å². The quantitative estimate of drug-likeness (QED) is 0.485. The average molecular weight is 416 g/mol. The van der Waals surface area contributed by atoms with Crippen LogP contribution in [-0.4, -0.2) is 45.3 Å². The lowest BCUT2D eigenvalue weighted by Crippen LogP contribution is -2.27. The van der Waals surface area contributed by atoms with Crippen molar-refractivity contribution in [1.82, 2.24) is 4.31 Å². The van der Waals surface area contributed by atoms with Gasteiger partial charge in [0.05, 0.1) is 18.6 Å². The Morgan fingerprint density at radius 3 is 2.38 bits per heavy atom. The first-order chi connectivity index (χ1) is 14.0. The van der Waals surface area contributed by atoms with Crippen LogP contribution in [0.4, 0.5) is 0 Å². The Bertz CT molecular complexity index is 990. The molecule has 0 radical (unpaired) electrons. The van der Waals surface area contributed by atoms with E-state index in [1.165, 1.54) is 22.5 Å². The van der Waals surface area contributed by atoms with Crippen molar-refractivity contribution in [2.45, 2.75) is 24.7 Å². The number of rotatable bonds is 8. The highest BCUT2D eigenvalue weighted by molar-refractivity contribution is 7.89. The van der Waals surface area contributed by atoms with Crippen LogP contribution in [0.2, 0.25) is 0 Å². The van der Waals surface area contributed by atoms with Gasteiger partial charge in [-0.25, -0.2) is 8.42 Å². The molecule has 1 aliphatic heterocycles. The third-order valence-corrected chi connectivity index (χ3v) is 6.67. The largest absolute Gasteiger partial charge is 0.493 e. The van der Waals surface area contributed by atoms with E-state index in [1.54, 1.807) is 37.5 Å². The van der Waals surface area contributed by atoms with E-state index in [0.29, 0.717) is 36.8 Å². The van der Waals surface area contributed by atoms with Crippen LogP contribution in [0.1, 0.15) is 35.7 Å². The van der Waals surface area contributed by atoms with Gasteiger partial charge < -0.3 is 9.47 Å². The Balaban J connectivity index is 1.72. The van der Waals surface area contributed by atoms with Crippen molar-refractivity contribution in [3.63, 3.8) is 0 Å². The second-order valence-electron chi connectivity index (χ2n) is 6.68. The topological polar surface area (TPSA) is 72.9 Å². The summed E-state index contributed by atoms with van der Waals surface area (Å²) in [5, 5.41) is 0. The fourth-order valence-corrected chi connectivity index (χ4v) is 4.72. The predicted molar refractivity (Wildman–Crippen MR) is 112 cm³/mol. The molecule has 0 bridgehead atoms. The first-order valence-electron chi connectivity index (χ1n) is 9.59. The third-order valence-electron chi connectivity index (χ3n) is 4.76. The lowest BCUT2D eigenvalue weighted by molar-refractivity contribution is 0.104. The molecule has 0 spiro atoms. The van der Waals surface area contributed by atoms with Gasteiger partial charge in [0.15, 0.2) is 17.3 Å². The monoisotopic (exact) mass is 415 g/mol. The average Bonchev–Trinajstić information content (AvgIpc) is 3.29. The normalized spacial score (nSPS) is 15.0. The Morgan fingerprint density at radius 1 is 1.07 bits per heavy atom. The minimum atomic E-state index is -3.47. The number of carbonyl (C=O) groups excluding carboxylic acids is 1. The molecule has 3 rings (SSSR count). The molecule has 2 aromatic carbocycles. The van der Waals surface area contributed by atoms with E-state index in [4.69, 9.17) is 9.47 Å². The van der Waals surface area contributed by atoms with Gasteiger partial charge in [-0.1, -0.05) is 12.1 Å². The predicted octanol–water partition coefficient (Wildman–Crippen LogP) is 3.77. The summed E-state index contributed by atoms with van der Waals surface area (Å²) in [6.45, 7) is 3.54. The number of methoxy groups -OCH3 is 1. The van der Waals surface area contributed by atoms with Gasteiger partial charge in [-0.3, -0.25) is 4.79 Å². The summed E-state index contributed by atoms with van der Waals surface area (Å²) >= 11 is 0. The molecule has 0 aromatic heterocycles. The Hall–Kier alpha value is -2.64. The van der Waals surface area contributed by atoms with Crippen molar-refractivity contribution in [3.8, 4) is 11.5 Å². The molecule has 154 valence electrons. The molecule has 1 aliphatic rings. The molecule has 1 fully saturated rings. The van der Waals surface area contributed by atoms with Gasteiger partial charge in [-0.05, 0) is 67.8 Å². The molecule has 6 nitrogen and oxygen atoms in total. The van der Waals surface area contributed by atoms with Crippen LogP contribution in [0.5, 0.6) is 11.5 Å². The van der Waals surface area contributed by atoms with Crippen molar-refractivity contribution >= 4 is 21.9 Å². The van der Waals surface area contributed by atoms with E-state index in [0.717, 1.165) is 18.4 Å². The number of hydrogen-bond donors (Lipinski definition) is 0. The Kier molecular flexibility index (Phi) is 6.71. The zero-order valence-electron chi connectivity index (χ0n) is 16.6. The lowest BCUT2D eigenvalue weighted by Gasteiger charge is -2.15. The first-order valence-corrected chi connectivity index (χ1v) is 11.0. The molecule has 1 saturated heterocycles. The van der Waals surface area contributed by atoms with E-state index in [-0.39, 0.29) is 10.7 Å². The molecule has 0 amide bonds. The number of nitrogens with zero attached hydrogens (tertiary/aromatic N) is 1. The second-order valence-corrected chi connectivity index (χ2v) is 8.61. The fourth-order valence-electron chi connectivity index (χ4n) is 3.20. The first kappa shape index (κ1) is 21.1. The number of carbonyl (C=O) groups is 1. The van der Waals surface area contributed by atoms with Crippen LogP contribution >= 0.6 is 0 Å². The minimum absolute atomic E-state index is 0.206. The van der Waals surface area contributed by atoms with Crippen LogP contribution < -0.4 is 9.47 Å². The van der Waals surface area contributed by atoms with Crippen LogP contribution in [0.15, 0.2) is 53.4 Å². The highest BCUT2D eigenvalue weighted by atomic mass is 32.2. The molecule has 0 saturated carbocycles. The van der Waals surface area contributed by atoms with E-state index < -0.39 is 10.0 Å². The van der Waals surface area contributed by atoms with Gasteiger partial charge >= 0.3 is 0 Å². The number of benzene rings is 2. The summed E-state index contributed by atoms with van der Waals surface area (Å²) in [6.07, 6.45) is 4.92. The molecule has 0 atom stereocenters. The summed E-state index contributed by atoms with van der Waals surface area (Å²) < 4.78 is 37.4. The molecular formula is C22H25NO5S. The Morgan fingerprint density at radius 2 is 1.76 bits per heavy atom. The van der Waals surface area contributed by atoms with Crippen molar-refractivity contribution in [2.24, 2.45) is 0 Å². The highest BCUT2D eigenvalue weighted by Gasteiger charge is 2.27. The van der Waals surface area contributed by atoms with Crippen LogP contribution in [0, 0.1) is 0 Å². The lowest BCUT2D eigenvalue weighted by atomic mass is 10.1. The summed E-state index contributed by atoms with van der Waals surface area (Å²) in [5.74, 6) is 1.04. The van der Waals surface area contributed by atoms with Crippen molar-refractivity contribution in [1.29, 1.82) is 0 Å². The smallest absolute Gasteiger partial charge is 0.243 e. The number of ketones is 1. The molecule has 1 heterocycles. The minimum Gasteiger partial charge on any atom is -0.493 e. The van der Waals surface area contributed by atoms with E-state index in [9.17, 15) is 13.2 Å². The summed E-state index contributed by atoms with van der Waals surface area (Å²) in [7, 11) is -1.91. The highest BCUT2D eigenvalue weighted by Crippen LogP contribution is 2.28. The number of allylic oxidation sites excluding steroid dienone is 1. The fraction of sp³-hybridized carbons (Fsp3) is 0.318. The third kappa shape index (κ3) is 4.86. The molecule has 29 heavy (non-hydrogen) atoms. The summed E-state index contributed by atoms with van der Waals surface area (Å²) in [5.41, 5.74) is 1.23. The second kappa shape index (κ2) is 9.24. The maximum atomic E-state index is 12.6. The summed E-state index contributed by atoms with van der Waals surface area (Å²) in [6, 6.07) is 11.5. The van der Waals surface area contributed by atoms with Gasteiger partial charge in [0.1, 0.15) is 0 Å². The number of hydrogen-bond acceptors (Lipinski definition) is 5.